The second kappa shape index (κ2) is 8.67. The molecule has 0 radical (unpaired) electrons. The first kappa shape index (κ1) is 20.1. The van der Waals surface area contributed by atoms with Crippen LogP contribution in [0.4, 0.5) is 11.4 Å². The Balaban J connectivity index is 1.31. The largest absolute Gasteiger partial charge is 0.326 e. The number of H-pyrrole nitrogens is 1. The molecule has 1 aliphatic rings. The molecule has 2 aromatic carbocycles. The van der Waals surface area contributed by atoms with Crippen LogP contribution in [0.1, 0.15) is 30.4 Å². The zero-order valence-corrected chi connectivity index (χ0v) is 17.4. The molecule has 7 nitrogen and oxygen atoms in total. The number of hydrogen-bond acceptors (Lipinski definition) is 4. The van der Waals surface area contributed by atoms with E-state index >= 15 is 0 Å². The Bertz CT molecular complexity index is 1050. The maximum atomic E-state index is 12.6. The fraction of sp³-hybridized carbons (Fsp3) is 0.348. The standard InChI is InChI=1S/C23H27N5O2/c1-15-4-3-5-16(2)23(15)26-22(30)14-28(19-8-9-19)11-10-21(29)25-18-7-6-17-13-24-27-20(17)12-18/h3-7,12-13,19H,8-11,14H2,1-2H3,(H,24,27)(H,25,29)(H,26,30). The van der Waals surface area contributed by atoms with E-state index in [1.807, 2.05) is 50.2 Å². The van der Waals surface area contributed by atoms with Crippen LogP contribution in [0.2, 0.25) is 0 Å². The van der Waals surface area contributed by atoms with Crippen molar-refractivity contribution in [1.29, 1.82) is 0 Å². The minimum Gasteiger partial charge on any atom is -0.326 e. The maximum absolute atomic E-state index is 12.6. The minimum atomic E-state index is -0.0605. The number of hydrogen-bond donors (Lipinski definition) is 3. The number of nitrogens with one attached hydrogen (secondary N) is 3. The molecule has 1 heterocycles. The molecule has 1 fully saturated rings. The van der Waals surface area contributed by atoms with Crippen molar-refractivity contribution in [3.63, 3.8) is 0 Å². The summed E-state index contributed by atoms with van der Waals surface area (Å²) in [6.45, 7) is 4.84. The van der Waals surface area contributed by atoms with Gasteiger partial charge in [-0.1, -0.05) is 18.2 Å². The lowest BCUT2D eigenvalue weighted by Crippen LogP contribution is -2.37. The van der Waals surface area contributed by atoms with Gasteiger partial charge < -0.3 is 10.6 Å². The van der Waals surface area contributed by atoms with E-state index in [4.69, 9.17) is 0 Å². The summed E-state index contributed by atoms with van der Waals surface area (Å²) in [5.41, 5.74) is 4.60. The van der Waals surface area contributed by atoms with Crippen LogP contribution in [-0.2, 0) is 9.59 Å². The molecule has 0 atom stereocenters. The smallest absolute Gasteiger partial charge is 0.238 e. The molecule has 4 rings (SSSR count). The molecule has 2 amide bonds. The van der Waals surface area contributed by atoms with Crippen molar-refractivity contribution in [3.8, 4) is 0 Å². The number of rotatable bonds is 8. The second-order valence-electron chi connectivity index (χ2n) is 7.99. The van der Waals surface area contributed by atoms with E-state index in [0.29, 0.717) is 25.6 Å². The maximum Gasteiger partial charge on any atom is 0.238 e. The number of aromatic nitrogens is 2. The molecule has 1 saturated carbocycles. The van der Waals surface area contributed by atoms with E-state index in [0.717, 1.165) is 46.2 Å². The third kappa shape index (κ3) is 4.86. The van der Waals surface area contributed by atoms with Crippen molar-refractivity contribution < 1.29 is 9.59 Å². The van der Waals surface area contributed by atoms with E-state index in [2.05, 4.69) is 25.7 Å². The molecule has 3 N–H and O–H groups in total. The van der Waals surface area contributed by atoms with Gasteiger partial charge >= 0.3 is 0 Å². The lowest BCUT2D eigenvalue weighted by Gasteiger charge is -2.22. The van der Waals surface area contributed by atoms with Gasteiger partial charge in [-0.3, -0.25) is 19.6 Å². The van der Waals surface area contributed by atoms with Crippen LogP contribution in [0.5, 0.6) is 0 Å². The number of amides is 2. The van der Waals surface area contributed by atoms with Gasteiger partial charge in [-0.2, -0.15) is 5.10 Å². The minimum absolute atomic E-state index is 0.0376. The predicted molar refractivity (Wildman–Crippen MR) is 118 cm³/mol. The number of nitrogens with zero attached hydrogens (tertiary/aromatic N) is 2. The molecule has 30 heavy (non-hydrogen) atoms. The molecule has 3 aromatic rings. The number of carbonyl (C=O) groups excluding carboxylic acids is 2. The quantitative estimate of drug-likeness (QED) is 0.534. The summed E-state index contributed by atoms with van der Waals surface area (Å²) in [5.74, 6) is -0.0981. The van der Waals surface area contributed by atoms with Gasteiger partial charge in [-0.25, -0.2) is 0 Å². The molecule has 0 bridgehead atoms. The Morgan fingerprint density at radius 2 is 1.87 bits per heavy atom. The Morgan fingerprint density at radius 1 is 1.10 bits per heavy atom. The van der Waals surface area contributed by atoms with E-state index in [1.165, 1.54) is 0 Å². The average Bonchev–Trinajstić information content (AvgIpc) is 3.45. The van der Waals surface area contributed by atoms with Gasteiger partial charge in [-0.15, -0.1) is 0 Å². The Kier molecular flexibility index (Phi) is 5.81. The molecular weight excluding hydrogens is 378 g/mol. The van der Waals surface area contributed by atoms with Crippen LogP contribution in [0.15, 0.2) is 42.6 Å². The highest BCUT2D eigenvalue weighted by molar-refractivity contribution is 5.94. The first-order valence-corrected chi connectivity index (χ1v) is 10.3. The molecule has 0 saturated heterocycles. The van der Waals surface area contributed by atoms with Crippen LogP contribution in [0.25, 0.3) is 10.9 Å². The van der Waals surface area contributed by atoms with Crippen molar-refractivity contribution in [2.24, 2.45) is 0 Å². The Hall–Kier alpha value is -3.19. The Morgan fingerprint density at radius 3 is 2.60 bits per heavy atom. The molecule has 156 valence electrons. The van der Waals surface area contributed by atoms with Gasteiger partial charge in [-0.05, 0) is 56.0 Å². The number of carbonyl (C=O) groups is 2. The van der Waals surface area contributed by atoms with E-state index in [1.54, 1.807) is 6.20 Å². The summed E-state index contributed by atoms with van der Waals surface area (Å²) in [5, 5.41) is 13.9. The predicted octanol–water partition coefficient (Wildman–Crippen LogP) is 3.61. The molecule has 0 spiro atoms. The number of aromatic amines is 1. The molecule has 1 aliphatic carbocycles. The van der Waals surface area contributed by atoms with Gasteiger partial charge in [0.1, 0.15) is 0 Å². The van der Waals surface area contributed by atoms with Crippen molar-refractivity contribution in [1.82, 2.24) is 15.1 Å². The molecule has 0 unspecified atom stereocenters. The highest BCUT2D eigenvalue weighted by Crippen LogP contribution is 2.27. The lowest BCUT2D eigenvalue weighted by molar-refractivity contribution is -0.119. The molecular formula is C23H27N5O2. The summed E-state index contributed by atoms with van der Waals surface area (Å²) in [7, 11) is 0. The highest BCUT2D eigenvalue weighted by atomic mass is 16.2. The van der Waals surface area contributed by atoms with Crippen LogP contribution >= 0.6 is 0 Å². The number of benzene rings is 2. The van der Waals surface area contributed by atoms with Gasteiger partial charge in [0.05, 0.1) is 18.3 Å². The van der Waals surface area contributed by atoms with Crippen LogP contribution < -0.4 is 10.6 Å². The fourth-order valence-electron chi connectivity index (χ4n) is 3.69. The van der Waals surface area contributed by atoms with E-state index in [-0.39, 0.29) is 11.8 Å². The van der Waals surface area contributed by atoms with Gasteiger partial charge in [0.2, 0.25) is 11.8 Å². The third-order valence-electron chi connectivity index (χ3n) is 5.51. The van der Waals surface area contributed by atoms with E-state index in [9.17, 15) is 9.59 Å². The van der Waals surface area contributed by atoms with Crippen molar-refractivity contribution >= 4 is 34.1 Å². The van der Waals surface area contributed by atoms with Crippen molar-refractivity contribution in [2.75, 3.05) is 23.7 Å². The summed E-state index contributed by atoms with van der Waals surface area (Å²) in [4.78, 5) is 27.2. The average molecular weight is 406 g/mol. The van der Waals surface area contributed by atoms with Crippen LogP contribution in [0.3, 0.4) is 0 Å². The molecule has 0 aliphatic heterocycles. The molecule has 7 heteroatoms. The monoisotopic (exact) mass is 405 g/mol. The second-order valence-corrected chi connectivity index (χ2v) is 7.99. The third-order valence-corrected chi connectivity index (χ3v) is 5.51. The summed E-state index contributed by atoms with van der Waals surface area (Å²) < 4.78 is 0. The summed E-state index contributed by atoms with van der Waals surface area (Å²) in [6, 6.07) is 12.0. The number of para-hydroxylation sites is 1. The summed E-state index contributed by atoms with van der Waals surface area (Å²) >= 11 is 0. The number of aryl methyl sites for hydroxylation is 2. The fourth-order valence-corrected chi connectivity index (χ4v) is 3.69. The first-order chi connectivity index (χ1) is 14.5. The van der Waals surface area contributed by atoms with Crippen LogP contribution in [0, 0.1) is 13.8 Å². The number of fused-ring (bicyclic) bond motifs is 1. The lowest BCUT2D eigenvalue weighted by atomic mass is 10.1. The first-order valence-electron chi connectivity index (χ1n) is 10.3. The van der Waals surface area contributed by atoms with Gasteiger partial charge in [0, 0.05) is 35.8 Å². The van der Waals surface area contributed by atoms with Gasteiger partial charge in [0.25, 0.3) is 0 Å². The highest BCUT2D eigenvalue weighted by Gasteiger charge is 2.30. The normalized spacial score (nSPS) is 13.6. The summed E-state index contributed by atoms with van der Waals surface area (Å²) in [6.07, 6.45) is 4.25. The Labute approximate surface area is 175 Å². The SMILES string of the molecule is Cc1cccc(C)c1NC(=O)CN(CCC(=O)Nc1ccc2cn[nH]c2c1)C1CC1. The topological polar surface area (TPSA) is 90.1 Å². The van der Waals surface area contributed by atoms with Crippen molar-refractivity contribution in [2.45, 2.75) is 39.2 Å². The number of anilines is 2. The zero-order chi connectivity index (χ0) is 21.1. The zero-order valence-electron chi connectivity index (χ0n) is 17.4. The molecule has 1 aromatic heterocycles. The van der Waals surface area contributed by atoms with Gasteiger partial charge in [0.15, 0.2) is 0 Å². The van der Waals surface area contributed by atoms with E-state index < -0.39 is 0 Å². The van der Waals surface area contributed by atoms with Crippen molar-refractivity contribution in [3.05, 3.63) is 53.7 Å². The van der Waals surface area contributed by atoms with Crippen LogP contribution in [-0.4, -0.2) is 46.0 Å².